The fourth-order valence-electron chi connectivity index (χ4n) is 1.57. The van der Waals surface area contributed by atoms with E-state index in [-0.39, 0.29) is 12.2 Å². The number of methoxy groups -OCH3 is 1. The summed E-state index contributed by atoms with van der Waals surface area (Å²) in [7, 11) is 1.30. The number of carbonyl (C=O) groups excluding carboxylic acids is 2. The molecule has 98 valence electrons. The molecule has 0 amide bonds. The molecule has 1 aromatic rings. The number of esters is 1. The van der Waals surface area contributed by atoms with Crippen molar-refractivity contribution in [2.24, 2.45) is 0 Å². The molecule has 0 aliphatic heterocycles. The molecule has 1 rings (SSSR count). The van der Waals surface area contributed by atoms with Crippen LogP contribution in [0.3, 0.4) is 0 Å². The number of ether oxygens (including phenoxy) is 1. The highest BCUT2D eigenvalue weighted by atomic mass is 35.5. The maximum Gasteiger partial charge on any atom is 0.307 e. The van der Waals surface area contributed by atoms with E-state index in [0.717, 1.165) is 0 Å². The van der Waals surface area contributed by atoms with Crippen molar-refractivity contribution >= 4 is 23.4 Å². The van der Waals surface area contributed by atoms with E-state index < -0.39 is 12.0 Å². The molecule has 1 N–H and O–H groups in total. The van der Waals surface area contributed by atoms with E-state index in [1.54, 1.807) is 24.3 Å². The van der Waals surface area contributed by atoms with Gasteiger partial charge in [0.25, 0.3) is 0 Å². The van der Waals surface area contributed by atoms with Crippen molar-refractivity contribution in [1.29, 1.82) is 0 Å². The van der Waals surface area contributed by atoms with Crippen molar-refractivity contribution < 1.29 is 14.3 Å². The highest BCUT2D eigenvalue weighted by Gasteiger charge is 2.22. The zero-order valence-corrected chi connectivity index (χ0v) is 11.2. The Balaban J connectivity index is 2.81. The van der Waals surface area contributed by atoms with Gasteiger partial charge in [-0.3, -0.25) is 9.59 Å². The van der Waals surface area contributed by atoms with Crippen molar-refractivity contribution in [2.45, 2.75) is 19.4 Å². The SMILES string of the molecule is CCNC(CC(=O)OC)C(=O)c1ccc(Cl)cc1. The molecule has 0 heterocycles. The summed E-state index contributed by atoms with van der Waals surface area (Å²) in [6.07, 6.45) is 0.0196. The summed E-state index contributed by atoms with van der Waals surface area (Å²) in [4.78, 5) is 23.4. The minimum atomic E-state index is -0.566. The average Bonchev–Trinajstić information content (AvgIpc) is 2.38. The maximum absolute atomic E-state index is 12.2. The minimum absolute atomic E-state index is 0.0196. The van der Waals surface area contributed by atoms with Crippen molar-refractivity contribution in [3.8, 4) is 0 Å². The van der Waals surface area contributed by atoms with Crippen LogP contribution in [0.15, 0.2) is 24.3 Å². The quantitative estimate of drug-likeness (QED) is 0.634. The molecule has 0 aromatic heterocycles. The molecule has 4 nitrogen and oxygen atoms in total. The van der Waals surface area contributed by atoms with Gasteiger partial charge in [-0.1, -0.05) is 18.5 Å². The Morgan fingerprint density at radius 1 is 1.33 bits per heavy atom. The van der Waals surface area contributed by atoms with E-state index in [1.165, 1.54) is 7.11 Å². The Morgan fingerprint density at radius 3 is 2.44 bits per heavy atom. The molecule has 0 saturated heterocycles. The molecule has 0 aliphatic rings. The first-order chi connectivity index (χ1) is 8.58. The van der Waals surface area contributed by atoms with Crippen molar-refractivity contribution in [1.82, 2.24) is 5.32 Å². The lowest BCUT2D eigenvalue weighted by molar-refractivity contribution is -0.140. The Kier molecular flexibility index (Phi) is 5.82. The lowest BCUT2D eigenvalue weighted by atomic mass is 10.0. The first-order valence-electron chi connectivity index (χ1n) is 5.68. The summed E-state index contributed by atoms with van der Waals surface area (Å²) >= 11 is 5.76. The smallest absolute Gasteiger partial charge is 0.307 e. The van der Waals surface area contributed by atoms with Gasteiger partial charge in [0.1, 0.15) is 0 Å². The second-order valence-electron chi connectivity index (χ2n) is 3.76. The molecule has 5 heteroatoms. The summed E-state index contributed by atoms with van der Waals surface area (Å²) < 4.78 is 4.58. The van der Waals surface area contributed by atoms with Gasteiger partial charge in [0.2, 0.25) is 0 Å². The standard InChI is InChI=1S/C13H16ClNO3/c1-3-15-11(8-12(16)18-2)13(17)9-4-6-10(14)7-5-9/h4-7,11,15H,3,8H2,1-2H3. The second-order valence-corrected chi connectivity index (χ2v) is 4.20. The molecule has 1 aromatic carbocycles. The van der Waals surface area contributed by atoms with Crippen molar-refractivity contribution in [3.05, 3.63) is 34.9 Å². The van der Waals surface area contributed by atoms with Gasteiger partial charge >= 0.3 is 5.97 Å². The van der Waals surface area contributed by atoms with Crippen LogP contribution in [0.5, 0.6) is 0 Å². The fraction of sp³-hybridized carbons (Fsp3) is 0.385. The monoisotopic (exact) mass is 269 g/mol. The first-order valence-corrected chi connectivity index (χ1v) is 6.06. The maximum atomic E-state index is 12.2. The van der Waals surface area contributed by atoms with Crippen LogP contribution in [-0.4, -0.2) is 31.4 Å². The number of Topliss-reactive ketones (excluding diaryl/α,β-unsaturated/α-hetero) is 1. The molecule has 18 heavy (non-hydrogen) atoms. The van der Waals surface area contributed by atoms with E-state index in [1.807, 2.05) is 6.92 Å². The predicted octanol–water partition coefficient (Wildman–Crippen LogP) is 2.06. The van der Waals surface area contributed by atoms with E-state index in [2.05, 4.69) is 10.1 Å². The van der Waals surface area contributed by atoms with Gasteiger partial charge in [0, 0.05) is 10.6 Å². The zero-order valence-electron chi connectivity index (χ0n) is 10.4. The van der Waals surface area contributed by atoms with Gasteiger partial charge in [-0.25, -0.2) is 0 Å². The molecule has 1 unspecified atom stereocenters. The Hall–Kier alpha value is -1.39. The van der Waals surface area contributed by atoms with E-state index in [9.17, 15) is 9.59 Å². The highest BCUT2D eigenvalue weighted by Crippen LogP contribution is 2.12. The number of benzene rings is 1. The Bertz CT molecular complexity index is 417. The van der Waals surface area contributed by atoms with Crippen LogP contribution in [0.25, 0.3) is 0 Å². The van der Waals surface area contributed by atoms with E-state index in [4.69, 9.17) is 11.6 Å². The molecule has 0 bridgehead atoms. The van der Waals surface area contributed by atoms with Crippen LogP contribution in [0.4, 0.5) is 0 Å². The third-order valence-corrected chi connectivity index (χ3v) is 2.75. The minimum Gasteiger partial charge on any atom is -0.469 e. The normalized spacial score (nSPS) is 11.9. The Labute approximate surface area is 111 Å². The molecule has 0 radical (unpaired) electrons. The highest BCUT2D eigenvalue weighted by molar-refractivity contribution is 6.30. The number of nitrogens with one attached hydrogen (secondary N) is 1. The lowest BCUT2D eigenvalue weighted by Gasteiger charge is -2.15. The molecular weight excluding hydrogens is 254 g/mol. The largest absolute Gasteiger partial charge is 0.469 e. The number of halogens is 1. The summed E-state index contributed by atoms with van der Waals surface area (Å²) in [5, 5.41) is 3.55. The first kappa shape index (κ1) is 14.7. The van der Waals surface area contributed by atoms with E-state index >= 15 is 0 Å². The number of carbonyl (C=O) groups is 2. The third kappa shape index (κ3) is 4.13. The predicted molar refractivity (Wildman–Crippen MR) is 69.9 cm³/mol. The molecule has 0 fully saturated rings. The molecule has 0 spiro atoms. The van der Waals surface area contributed by atoms with Gasteiger partial charge in [0.15, 0.2) is 5.78 Å². The average molecular weight is 270 g/mol. The van der Waals surface area contributed by atoms with Gasteiger partial charge in [-0.15, -0.1) is 0 Å². The topological polar surface area (TPSA) is 55.4 Å². The number of hydrogen-bond acceptors (Lipinski definition) is 4. The van der Waals surface area contributed by atoms with Crippen molar-refractivity contribution in [3.63, 3.8) is 0 Å². The number of likely N-dealkylation sites (N-methyl/N-ethyl adjacent to an activating group) is 1. The number of ketones is 1. The molecule has 0 aliphatic carbocycles. The van der Waals surface area contributed by atoms with Crippen LogP contribution in [0.1, 0.15) is 23.7 Å². The van der Waals surface area contributed by atoms with E-state index in [0.29, 0.717) is 17.1 Å². The summed E-state index contributed by atoms with van der Waals surface area (Å²) in [5.74, 6) is -0.554. The second kappa shape index (κ2) is 7.13. The number of rotatable bonds is 6. The van der Waals surface area contributed by atoms with Gasteiger partial charge in [-0.2, -0.15) is 0 Å². The third-order valence-electron chi connectivity index (χ3n) is 2.49. The fourth-order valence-corrected chi connectivity index (χ4v) is 1.70. The number of hydrogen-bond donors (Lipinski definition) is 1. The van der Waals surface area contributed by atoms with Crippen LogP contribution >= 0.6 is 11.6 Å². The summed E-state index contributed by atoms with van der Waals surface area (Å²) in [6.45, 7) is 2.47. The molecule has 0 saturated carbocycles. The molecular formula is C13H16ClNO3. The van der Waals surface area contributed by atoms with Gasteiger partial charge < -0.3 is 10.1 Å². The summed E-state index contributed by atoms with van der Waals surface area (Å²) in [6, 6.07) is 6.02. The zero-order chi connectivity index (χ0) is 13.5. The van der Waals surface area contributed by atoms with Gasteiger partial charge in [-0.05, 0) is 30.8 Å². The molecule has 1 atom stereocenters. The van der Waals surface area contributed by atoms with Crippen LogP contribution in [0, 0.1) is 0 Å². The van der Waals surface area contributed by atoms with Crippen molar-refractivity contribution in [2.75, 3.05) is 13.7 Å². The van der Waals surface area contributed by atoms with Crippen LogP contribution in [0.2, 0.25) is 5.02 Å². The Morgan fingerprint density at radius 2 is 1.94 bits per heavy atom. The van der Waals surface area contributed by atoms with Crippen LogP contribution < -0.4 is 5.32 Å². The van der Waals surface area contributed by atoms with Crippen LogP contribution in [-0.2, 0) is 9.53 Å². The summed E-state index contributed by atoms with van der Waals surface area (Å²) in [5.41, 5.74) is 0.522. The lowest BCUT2D eigenvalue weighted by Crippen LogP contribution is -2.38. The van der Waals surface area contributed by atoms with Gasteiger partial charge in [0.05, 0.1) is 19.6 Å².